The van der Waals surface area contributed by atoms with Gasteiger partial charge < -0.3 is 15.2 Å². The van der Waals surface area contributed by atoms with Crippen molar-refractivity contribution in [3.05, 3.63) is 53.3 Å². The van der Waals surface area contributed by atoms with Crippen LogP contribution in [-0.4, -0.2) is 12.7 Å². The number of nitrogen functional groups attached to an aromatic ring is 1. The van der Waals surface area contributed by atoms with Crippen LogP contribution in [0.4, 0.5) is 10.1 Å². The predicted molar refractivity (Wildman–Crippen MR) is 75.6 cm³/mol. The molecule has 0 amide bonds. The van der Waals surface area contributed by atoms with Gasteiger partial charge in [-0.25, -0.2) is 4.39 Å². The third-order valence-electron chi connectivity index (χ3n) is 3.36. The molecule has 0 fully saturated rings. The number of hydrogen-bond donors (Lipinski definition) is 1. The van der Waals surface area contributed by atoms with Gasteiger partial charge in [-0.1, -0.05) is 17.7 Å². The molecule has 2 aromatic rings. The molecule has 4 heteroatoms. The zero-order valence-corrected chi connectivity index (χ0v) is 11.2. The van der Waals surface area contributed by atoms with E-state index in [-0.39, 0.29) is 11.9 Å². The molecule has 0 aliphatic carbocycles. The normalized spacial score (nSPS) is 16.6. The maximum Gasteiger partial charge on any atom is 0.145 e. The minimum Gasteiger partial charge on any atom is -0.487 e. The number of fused-ring (bicyclic) bond motifs is 1. The van der Waals surface area contributed by atoms with Gasteiger partial charge in [-0.3, -0.25) is 0 Å². The first kappa shape index (κ1) is 12.8. The largest absolute Gasteiger partial charge is 0.487 e. The molecule has 1 aliphatic rings. The van der Waals surface area contributed by atoms with Gasteiger partial charge in [0.05, 0.1) is 5.69 Å². The highest BCUT2D eigenvalue weighted by Crippen LogP contribution is 2.30. The fourth-order valence-corrected chi connectivity index (χ4v) is 2.36. The first-order chi connectivity index (χ1) is 9.61. The van der Waals surface area contributed by atoms with E-state index in [4.69, 9.17) is 15.2 Å². The van der Waals surface area contributed by atoms with Gasteiger partial charge in [0, 0.05) is 12.5 Å². The molecule has 3 rings (SSSR count). The van der Waals surface area contributed by atoms with Crippen LogP contribution in [0.5, 0.6) is 11.5 Å². The van der Waals surface area contributed by atoms with Crippen molar-refractivity contribution in [1.82, 2.24) is 0 Å². The van der Waals surface area contributed by atoms with Gasteiger partial charge in [0.2, 0.25) is 0 Å². The Morgan fingerprint density at radius 3 is 3.00 bits per heavy atom. The molecule has 20 heavy (non-hydrogen) atoms. The first-order valence-corrected chi connectivity index (χ1v) is 6.56. The number of hydrogen-bond acceptors (Lipinski definition) is 3. The lowest BCUT2D eigenvalue weighted by atomic mass is 10.1. The van der Waals surface area contributed by atoms with Crippen LogP contribution < -0.4 is 15.2 Å². The zero-order chi connectivity index (χ0) is 14.1. The SMILES string of the molecule is Cc1ccc2c(c1)CC(COc1cc(F)ccc1N)O2. The molecular weight excluding hydrogens is 257 g/mol. The fraction of sp³-hybridized carbons (Fsp3) is 0.250. The van der Waals surface area contributed by atoms with Crippen LogP contribution in [0.25, 0.3) is 0 Å². The van der Waals surface area contributed by atoms with Crippen molar-refractivity contribution in [3.63, 3.8) is 0 Å². The lowest BCUT2D eigenvalue weighted by Gasteiger charge is -2.13. The van der Waals surface area contributed by atoms with Crippen molar-refractivity contribution in [2.24, 2.45) is 0 Å². The lowest BCUT2D eigenvalue weighted by molar-refractivity contribution is 0.149. The lowest BCUT2D eigenvalue weighted by Crippen LogP contribution is -2.22. The number of ether oxygens (including phenoxy) is 2. The van der Waals surface area contributed by atoms with Crippen LogP contribution in [0, 0.1) is 12.7 Å². The van der Waals surface area contributed by atoms with Gasteiger partial charge in [-0.15, -0.1) is 0 Å². The number of benzene rings is 2. The summed E-state index contributed by atoms with van der Waals surface area (Å²) >= 11 is 0. The number of rotatable bonds is 3. The van der Waals surface area contributed by atoms with Gasteiger partial charge in [0.25, 0.3) is 0 Å². The maximum absolute atomic E-state index is 13.1. The molecule has 0 saturated carbocycles. The topological polar surface area (TPSA) is 44.5 Å². The number of nitrogens with two attached hydrogens (primary N) is 1. The quantitative estimate of drug-likeness (QED) is 0.874. The number of anilines is 1. The van der Waals surface area contributed by atoms with E-state index in [0.717, 1.165) is 12.2 Å². The molecule has 1 unspecified atom stereocenters. The summed E-state index contributed by atoms with van der Waals surface area (Å²) in [5, 5.41) is 0. The summed E-state index contributed by atoms with van der Waals surface area (Å²) in [6, 6.07) is 10.2. The van der Waals surface area contributed by atoms with E-state index in [2.05, 4.69) is 13.0 Å². The van der Waals surface area contributed by atoms with Gasteiger partial charge in [0.1, 0.15) is 30.0 Å². The Hall–Kier alpha value is -2.23. The maximum atomic E-state index is 13.1. The minimum atomic E-state index is -0.361. The highest BCUT2D eigenvalue weighted by Gasteiger charge is 2.23. The molecule has 0 radical (unpaired) electrons. The van der Waals surface area contributed by atoms with E-state index in [1.165, 1.54) is 29.3 Å². The summed E-state index contributed by atoms with van der Waals surface area (Å²) in [5.74, 6) is 0.901. The second-order valence-electron chi connectivity index (χ2n) is 5.05. The van der Waals surface area contributed by atoms with Gasteiger partial charge in [0.15, 0.2) is 0 Å². The van der Waals surface area contributed by atoms with E-state index >= 15 is 0 Å². The third-order valence-corrected chi connectivity index (χ3v) is 3.36. The second-order valence-corrected chi connectivity index (χ2v) is 5.05. The van der Waals surface area contributed by atoms with Crippen molar-refractivity contribution in [2.75, 3.05) is 12.3 Å². The number of aryl methyl sites for hydroxylation is 1. The minimum absolute atomic E-state index is 0.0607. The Balaban J connectivity index is 1.65. The van der Waals surface area contributed by atoms with Crippen LogP contribution in [0.1, 0.15) is 11.1 Å². The molecule has 1 atom stereocenters. The fourth-order valence-electron chi connectivity index (χ4n) is 2.36. The predicted octanol–water partition coefficient (Wildman–Crippen LogP) is 3.10. The Morgan fingerprint density at radius 2 is 2.15 bits per heavy atom. The van der Waals surface area contributed by atoms with Gasteiger partial charge in [-0.05, 0) is 30.7 Å². The molecule has 0 bridgehead atoms. The molecule has 2 aromatic carbocycles. The summed E-state index contributed by atoms with van der Waals surface area (Å²) in [5.41, 5.74) is 8.57. The molecule has 1 aliphatic heterocycles. The average molecular weight is 273 g/mol. The summed E-state index contributed by atoms with van der Waals surface area (Å²) in [4.78, 5) is 0. The molecule has 1 heterocycles. The van der Waals surface area contributed by atoms with Crippen LogP contribution in [0.3, 0.4) is 0 Å². The van der Waals surface area contributed by atoms with E-state index in [1.54, 1.807) is 0 Å². The van der Waals surface area contributed by atoms with Crippen LogP contribution in [0.2, 0.25) is 0 Å². The van der Waals surface area contributed by atoms with Gasteiger partial charge >= 0.3 is 0 Å². The Kier molecular flexibility index (Phi) is 3.22. The summed E-state index contributed by atoms with van der Waals surface area (Å²) in [6.07, 6.45) is 0.737. The van der Waals surface area contributed by atoms with Crippen LogP contribution >= 0.6 is 0 Å². The molecular formula is C16H16FNO2. The molecule has 2 N–H and O–H groups in total. The summed E-state index contributed by atoms with van der Waals surface area (Å²) in [7, 11) is 0. The molecule has 3 nitrogen and oxygen atoms in total. The summed E-state index contributed by atoms with van der Waals surface area (Å²) < 4.78 is 24.5. The van der Waals surface area contributed by atoms with Gasteiger partial charge in [-0.2, -0.15) is 0 Å². The van der Waals surface area contributed by atoms with E-state index in [9.17, 15) is 4.39 Å². The van der Waals surface area contributed by atoms with Crippen molar-refractivity contribution in [1.29, 1.82) is 0 Å². The van der Waals surface area contributed by atoms with Crippen molar-refractivity contribution >= 4 is 5.69 Å². The summed E-state index contributed by atoms with van der Waals surface area (Å²) in [6.45, 7) is 2.40. The van der Waals surface area contributed by atoms with E-state index < -0.39 is 0 Å². The smallest absolute Gasteiger partial charge is 0.145 e. The molecule has 0 saturated heterocycles. The standard InChI is InChI=1S/C16H16FNO2/c1-10-2-5-15-11(6-10)7-13(20-15)9-19-16-8-12(17)3-4-14(16)18/h2-6,8,13H,7,9,18H2,1H3. The van der Waals surface area contributed by atoms with Crippen molar-refractivity contribution in [3.8, 4) is 11.5 Å². The Bertz CT molecular complexity index is 642. The number of halogens is 1. The zero-order valence-electron chi connectivity index (χ0n) is 11.2. The highest BCUT2D eigenvalue weighted by atomic mass is 19.1. The average Bonchev–Trinajstić information content (AvgIpc) is 2.81. The third kappa shape index (κ3) is 2.54. The Morgan fingerprint density at radius 1 is 1.30 bits per heavy atom. The second kappa shape index (κ2) is 5.04. The van der Waals surface area contributed by atoms with Crippen LogP contribution in [-0.2, 0) is 6.42 Å². The van der Waals surface area contributed by atoms with Crippen molar-refractivity contribution < 1.29 is 13.9 Å². The monoisotopic (exact) mass is 273 g/mol. The molecule has 104 valence electrons. The molecule has 0 spiro atoms. The van der Waals surface area contributed by atoms with E-state index in [1.807, 2.05) is 12.1 Å². The molecule has 0 aromatic heterocycles. The van der Waals surface area contributed by atoms with Crippen LogP contribution in [0.15, 0.2) is 36.4 Å². The highest BCUT2D eigenvalue weighted by molar-refractivity contribution is 5.52. The van der Waals surface area contributed by atoms with Crippen molar-refractivity contribution in [2.45, 2.75) is 19.4 Å². The van der Waals surface area contributed by atoms with E-state index in [0.29, 0.717) is 18.0 Å². The Labute approximate surface area is 117 Å². The first-order valence-electron chi connectivity index (χ1n) is 6.56.